The molecule has 2 nitrogen and oxygen atoms in total. The van der Waals surface area contributed by atoms with Crippen molar-refractivity contribution in [2.45, 2.75) is 37.8 Å². The Labute approximate surface area is 139 Å². The average molecular weight is 325 g/mol. The number of rotatable bonds is 2. The van der Waals surface area contributed by atoms with Gasteiger partial charge in [0, 0.05) is 29.9 Å². The molecule has 21 heavy (non-hydrogen) atoms. The highest BCUT2D eigenvalue weighted by Crippen LogP contribution is 2.43. The summed E-state index contributed by atoms with van der Waals surface area (Å²) in [5.74, 6) is 0.528. The van der Waals surface area contributed by atoms with Gasteiger partial charge in [-0.1, -0.05) is 30.3 Å². The second-order valence-electron chi connectivity index (χ2n) is 5.90. The second-order valence-corrected chi connectivity index (χ2v) is 5.90. The van der Waals surface area contributed by atoms with Gasteiger partial charge in [-0.3, -0.25) is 4.98 Å². The highest BCUT2D eigenvalue weighted by atomic mass is 35.5. The molecule has 1 saturated heterocycles. The molecule has 2 aromatic rings. The molecule has 0 saturated carbocycles. The lowest BCUT2D eigenvalue weighted by Crippen LogP contribution is -2.37. The molecule has 0 bridgehead atoms. The fraction of sp³-hybridized carbons (Fsp3) is 0.353. The van der Waals surface area contributed by atoms with Crippen molar-refractivity contribution >= 4 is 24.8 Å². The molecule has 0 aliphatic carbocycles. The van der Waals surface area contributed by atoms with Crippen LogP contribution in [0.3, 0.4) is 0 Å². The Morgan fingerprint density at radius 1 is 0.952 bits per heavy atom. The quantitative estimate of drug-likeness (QED) is 0.878. The number of nitrogens with one attached hydrogen (secondary N) is 1. The third kappa shape index (κ3) is 3.76. The standard InChI is InChI=1S/C17H20N2.2ClH/c1-17(2)15(13-8-10-18-11-9-13)12-16(19-17)14-6-4-3-5-7-14;;/h3-11,15-16,19H,12H2,1-2H3;2*1H/t15-,16+;;/m0../s1. The molecule has 1 N–H and O–H groups in total. The monoisotopic (exact) mass is 324 g/mol. The van der Waals surface area contributed by atoms with Crippen LogP contribution in [-0.2, 0) is 0 Å². The maximum Gasteiger partial charge on any atom is 0.0331 e. The van der Waals surface area contributed by atoms with Crippen LogP contribution in [0.25, 0.3) is 0 Å². The van der Waals surface area contributed by atoms with Gasteiger partial charge in [-0.25, -0.2) is 0 Å². The first-order valence-corrected chi connectivity index (χ1v) is 6.89. The van der Waals surface area contributed by atoms with Crippen LogP contribution in [-0.4, -0.2) is 10.5 Å². The van der Waals surface area contributed by atoms with Crippen molar-refractivity contribution in [2.75, 3.05) is 0 Å². The fourth-order valence-corrected chi connectivity index (χ4v) is 3.19. The molecule has 0 amide bonds. The van der Waals surface area contributed by atoms with Crippen LogP contribution < -0.4 is 5.32 Å². The molecular formula is C17H22Cl2N2. The Bertz CT molecular complexity index is 543. The molecule has 1 aromatic carbocycles. The topological polar surface area (TPSA) is 24.9 Å². The predicted molar refractivity (Wildman–Crippen MR) is 92.5 cm³/mol. The number of nitrogens with zero attached hydrogens (tertiary/aromatic N) is 1. The highest BCUT2D eigenvalue weighted by molar-refractivity contribution is 5.85. The van der Waals surface area contributed by atoms with E-state index in [4.69, 9.17) is 0 Å². The summed E-state index contributed by atoms with van der Waals surface area (Å²) in [5, 5.41) is 3.77. The minimum atomic E-state index is 0. The summed E-state index contributed by atoms with van der Waals surface area (Å²) >= 11 is 0. The zero-order valence-electron chi connectivity index (χ0n) is 12.3. The van der Waals surface area contributed by atoms with E-state index in [0.29, 0.717) is 12.0 Å². The van der Waals surface area contributed by atoms with E-state index < -0.39 is 0 Å². The molecule has 114 valence electrons. The van der Waals surface area contributed by atoms with Gasteiger partial charge < -0.3 is 5.32 Å². The predicted octanol–water partition coefficient (Wildman–Crippen LogP) is 4.52. The summed E-state index contributed by atoms with van der Waals surface area (Å²) in [6.45, 7) is 4.59. The van der Waals surface area contributed by atoms with Crippen LogP contribution in [0, 0.1) is 0 Å². The lowest BCUT2D eigenvalue weighted by Gasteiger charge is -2.27. The van der Waals surface area contributed by atoms with Crippen LogP contribution >= 0.6 is 24.8 Å². The van der Waals surface area contributed by atoms with Crippen molar-refractivity contribution in [2.24, 2.45) is 0 Å². The molecule has 0 radical (unpaired) electrons. The van der Waals surface area contributed by atoms with Crippen LogP contribution in [0.2, 0.25) is 0 Å². The van der Waals surface area contributed by atoms with Gasteiger partial charge >= 0.3 is 0 Å². The van der Waals surface area contributed by atoms with E-state index in [1.165, 1.54) is 11.1 Å². The Hall–Kier alpha value is -1.09. The van der Waals surface area contributed by atoms with Gasteiger partial charge in [0.05, 0.1) is 0 Å². The molecule has 1 aromatic heterocycles. The summed E-state index contributed by atoms with van der Waals surface area (Å²) in [6.07, 6.45) is 4.92. The second kappa shape index (κ2) is 7.26. The minimum Gasteiger partial charge on any atom is -0.304 e. The molecule has 4 heteroatoms. The van der Waals surface area contributed by atoms with Crippen LogP contribution in [0.15, 0.2) is 54.9 Å². The number of pyridine rings is 1. The summed E-state index contributed by atoms with van der Waals surface area (Å²) in [5.41, 5.74) is 2.88. The van der Waals surface area contributed by atoms with Crippen molar-refractivity contribution in [1.29, 1.82) is 0 Å². The van der Waals surface area contributed by atoms with E-state index in [1.54, 1.807) is 0 Å². The number of benzene rings is 1. The van der Waals surface area contributed by atoms with Crippen LogP contribution in [0.5, 0.6) is 0 Å². The highest BCUT2D eigenvalue weighted by Gasteiger charge is 2.40. The summed E-state index contributed by atoms with van der Waals surface area (Å²) in [4.78, 5) is 4.12. The molecule has 0 unspecified atom stereocenters. The number of aromatic nitrogens is 1. The van der Waals surface area contributed by atoms with Crippen LogP contribution in [0.1, 0.15) is 43.4 Å². The van der Waals surface area contributed by atoms with Gasteiger partial charge in [-0.05, 0) is 43.5 Å². The fourth-order valence-electron chi connectivity index (χ4n) is 3.19. The van der Waals surface area contributed by atoms with E-state index in [1.807, 2.05) is 12.4 Å². The van der Waals surface area contributed by atoms with E-state index in [-0.39, 0.29) is 30.4 Å². The molecule has 3 rings (SSSR count). The first-order chi connectivity index (χ1) is 9.17. The average Bonchev–Trinajstić information content (AvgIpc) is 2.77. The SMILES string of the molecule is CC1(C)N[C@@H](c2ccccc2)C[C@H]1c1ccncc1.Cl.Cl. The summed E-state index contributed by atoms with van der Waals surface area (Å²) in [7, 11) is 0. The third-order valence-electron chi connectivity index (χ3n) is 4.20. The van der Waals surface area contributed by atoms with Crippen molar-refractivity contribution in [3.63, 3.8) is 0 Å². The smallest absolute Gasteiger partial charge is 0.0331 e. The van der Waals surface area contributed by atoms with E-state index >= 15 is 0 Å². The van der Waals surface area contributed by atoms with Gasteiger partial charge in [0.15, 0.2) is 0 Å². The Kier molecular flexibility index (Phi) is 6.21. The van der Waals surface area contributed by atoms with Crippen LogP contribution in [0.4, 0.5) is 0 Å². The van der Waals surface area contributed by atoms with Crippen molar-refractivity contribution in [3.8, 4) is 0 Å². The van der Waals surface area contributed by atoms with Crippen molar-refractivity contribution in [1.82, 2.24) is 10.3 Å². The molecule has 2 atom stereocenters. The number of hydrogen-bond donors (Lipinski definition) is 1. The van der Waals surface area contributed by atoms with Gasteiger partial charge in [-0.2, -0.15) is 0 Å². The zero-order valence-corrected chi connectivity index (χ0v) is 14.0. The number of halogens is 2. The normalized spacial score (nSPS) is 23.0. The maximum absolute atomic E-state index is 4.12. The maximum atomic E-state index is 4.12. The largest absolute Gasteiger partial charge is 0.304 e. The number of hydrogen-bond acceptors (Lipinski definition) is 2. The summed E-state index contributed by atoms with van der Waals surface area (Å²) in [6, 6.07) is 15.4. The lowest BCUT2D eigenvalue weighted by atomic mass is 9.83. The van der Waals surface area contributed by atoms with Gasteiger partial charge in [0.2, 0.25) is 0 Å². The molecular weight excluding hydrogens is 303 g/mol. The van der Waals surface area contributed by atoms with Gasteiger partial charge in [-0.15, -0.1) is 24.8 Å². The first kappa shape index (κ1) is 18.0. The molecule has 0 spiro atoms. The molecule has 1 aliphatic rings. The Morgan fingerprint density at radius 3 is 2.19 bits per heavy atom. The van der Waals surface area contributed by atoms with Crippen molar-refractivity contribution in [3.05, 3.63) is 66.0 Å². The minimum absolute atomic E-state index is 0. The van der Waals surface area contributed by atoms with E-state index in [2.05, 4.69) is 66.6 Å². The molecule has 1 fully saturated rings. The molecule has 1 aliphatic heterocycles. The Morgan fingerprint density at radius 2 is 1.57 bits per heavy atom. The van der Waals surface area contributed by atoms with Gasteiger partial charge in [0.25, 0.3) is 0 Å². The third-order valence-corrected chi connectivity index (χ3v) is 4.20. The first-order valence-electron chi connectivity index (χ1n) is 6.89. The lowest BCUT2D eigenvalue weighted by molar-refractivity contribution is 0.397. The van der Waals surface area contributed by atoms with E-state index in [9.17, 15) is 0 Å². The molecule has 2 heterocycles. The van der Waals surface area contributed by atoms with Crippen molar-refractivity contribution < 1.29 is 0 Å². The summed E-state index contributed by atoms with van der Waals surface area (Å²) < 4.78 is 0. The zero-order chi connectivity index (χ0) is 13.3. The van der Waals surface area contributed by atoms with Gasteiger partial charge in [0.1, 0.15) is 0 Å². The van der Waals surface area contributed by atoms with E-state index in [0.717, 1.165) is 6.42 Å². The Balaban J connectivity index is 0.00000110.